The Morgan fingerprint density at radius 3 is 2.48 bits per heavy atom. The Bertz CT molecular complexity index is 770. The highest BCUT2D eigenvalue weighted by molar-refractivity contribution is 6.05. The number of carbonyl (C=O) groups is 2. The molecule has 0 aliphatic rings. The highest BCUT2D eigenvalue weighted by Crippen LogP contribution is 2.29. The van der Waals surface area contributed by atoms with Crippen LogP contribution in [0.5, 0.6) is 11.5 Å². The first-order chi connectivity index (χ1) is 11.9. The Labute approximate surface area is 146 Å². The average Bonchev–Trinajstić information content (AvgIpc) is 2.59. The fourth-order valence-electron chi connectivity index (χ4n) is 2.12. The van der Waals surface area contributed by atoms with Gasteiger partial charge in [0.15, 0.2) is 11.5 Å². The molecule has 2 rings (SSSR count). The van der Waals surface area contributed by atoms with Crippen LogP contribution >= 0.6 is 0 Å². The van der Waals surface area contributed by atoms with Crippen molar-refractivity contribution in [2.75, 3.05) is 19.0 Å². The molecule has 0 unspecified atom stereocenters. The van der Waals surface area contributed by atoms with Crippen molar-refractivity contribution in [1.82, 2.24) is 0 Å². The minimum Gasteiger partial charge on any atom is -0.493 e. The predicted molar refractivity (Wildman–Crippen MR) is 94.7 cm³/mol. The van der Waals surface area contributed by atoms with Crippen molar-refractivity contribution < 1.29 is 24.2 Å². The third kappa shape index (κ3) is 4.97. The summed E-state index contributed by atoms with van der Waals surface area (Å²) in [6.45, 7) is 4.63. The number of rotatable bonds is 7. The largest absolute Gasteiger partial charge is 0.493 e. The van der Waals surface area contributed by atoms with Crippen LogP contribution in [0.2, 0.25) is 0 Å². The van der Waals surface area contributed by atoms with E-state index in [4.69, 9.17) is 14.6 Å². The first-order valence-corrected chi connectivity index (χ1v) is 7.86. The van der Waals surface area contributed by atoms with Gasteiger partial charge in [-0.05, 0) is 42.3 Å². The van der Waals surface area contributed by atoms with Crippen LogP contribution in [0.1, 0.15) is 34.6 Å². The average molecular weight is 343 g/mol. The fourth-order valence-corrected chi connectivity index (χ4v) is 2.12. The van der Waals surface area contributed by atoms with Crippen molar-refractivity contribution in [2.24, 2.45) is 5.92 Å². The van der Waals surface area contributed by atoms with Gasteiger partial charge in [-0.25, -0.2) is 4.79 Å². The summed E-state index contributed by atoms with van der Waals surface area (Å²) in [5.41, 5.74) is 0.895. The topological polar surface area (TPSA) is 84.9 Å². The van der Waals surface area contributed by atoms with E-state index in [2.05, 4.69) is 5.32 Å². The third-order valence-electron chi connectivity index (χ3n) is 3.37. The molecule has 0 spiro atoms. The third-order valence-corrected chi connectivity index (χ3v) is 3.37. The summed E-state index contributed by atoms with van der Waals surface area (Å²) in [6, 6.07) is 11.0. The van der Waals surface area contributed by atoms with E-state index in [1.165, 1.54) is 19.2 Å². The minimum absolute atomic E-state index is 0.104. The van der Waals surface area contributed by atoms with E-state index in [1.54, 1.807) is 30.3 Å². The molecule has 6 nitrogen and oxygen atoms in total. The second kappa shape index (κ2) is 8.19. The second-order valence-corrected chi connectivity index (χ2v) is 5.91. The molecule has 1 amide bonds. The fraction of sp³-hybridized carbons (Fsp3) is 0.263. The summed E-state index contributed by atoms with van der Waals surface area (Å²) in [5.74, 6) is -0.0110. The van der Waals surface area contributed by atoms with Crippen LogP contribution in [0, 0.1) is 5.92 Å². The quantitative estimate of drug-likeness (QED) is 0.801. The lowest BCUT2D eigenvalue weighted by Gasteiger charge is -2.13. The summed E-state index contributed by atoms with van der Waals surface area (Å²) < 4.78 is 10.9. The number of carboxylic acids is 1. The van der Waals surface area contributed by atoms with Gasteiger partial charge in [0, 0.05) is 11.3 Å². The highest BCUT2D eigenvalue weighted by atomic mass is 16.5. The number of methoxy groups -OCH3 is 1. The molecule has 0 aliphatic heterocycles. The van der Waals surface area contributed by atoms with E-state index in [1.807, 2.05) is 13.8 Å². The summed E-state index contributed by atoms with van der Waals surface area (Å²) >= 11 is 0. The Hall–Kier alpha value is -3.02. The van der Waals surface area contributed by atoms with Crippen molar-refractivity contribution in [3.05, 3.63) is 53.6 Å². The summed E-state index contributed by atoms with van der Waals surface area (Å²) in [7, 11) is 1.51. The number of ether oxygens (including phenoxy) is 2. The molecule has 132 valence electrons. The number of carbonyl (C=O) groups excluding carboxylic acids is 1. The van der Waals surface area contributed by atoms with Crippen LogP contribution in [-0.4, -0.2) is 30.7 Å². The van der Waals surface area contributed by atoms with Gasteiger partial charge >= 0.3 is 5.97 Å². The van der Waals surface area contributed by atoms with Gasteiger partial charge in [-0.15, -0.1) is 0 Å². The van der Waals surface area contributed by atoms with Crippen LogP contribution in [0.3, 0.4) is 0 Å². The standard InChI is InChI=1S/C19H21NO5/c1-12(2)11-25-16-8-7-13(10-17(16)24-3)18(21)20-15-6-4-5-14(9-15)19(22)23/h4-10,12H,11H2,1-3H3,(H,20,21)(H,22,23). The number of carboxylic acid groups (broad SMARTS) is 1. The molecule has 0 radical (unpaired) electrons. The molecule has 6 heteroatoms. The van der Waals surface area contributed by atoms with E-state index in [0.717, 1.165) is 0 Å². The van der Waals surface area contributed by atoms with Crippen molar-refractivity contribution in [3.8, 4) is 11.5 Å². The number of nitrogens with one attached hydrogen (secondary N) is 1. The zero-order valence-corrected chi connectivity index (χ0v) is 14.4. The number of hydrogen-bond acceptors (Lipinski definition) is 4. The highest BCUT2D eigenvalue weighted by Gasteiger charge is 2.13. The molecular formula is C19H21NO5. The lowest BCUT2D eigenvalue weighted by Crippen LogP contribution is -2.13. The van der Waals surface area contributed by atoms with E-state index in [0.29, 0.717) is 35.3 Å². The van der Waals surface area contributed by atoms with Crippen molar-refractivity contribution in [1.29, 1.82) is 0 Å². The second-order valence-electron chi connectivity index (χ2n) is 5.91. The van der Waals surface area contributed by atoms with Crippen molar-refractivity contribution >= 4 is 17.6 Å². The number of amides is 1. The van der Waals surface area contributed by atoms with E-state index in [-0.39, 0.29) is 11.5 Å². The van der Waals surface area contributed by atoms with Crippen LogP contribution in [0.15, 0.2) is 42.5 Å². The first kappa shape index (κ1) is 18.3. The zero-order valence-electron chi connectivity index (χ0n) is 14.4. The molecule has 0 aliphatic carbocycles. The summed E-state index contributed by atoms with van der Waals surface area (Å²) in [5, 5.41) is 11.7. The van der Waals surface area contributed by atoms with Gasteiger partial charge in [0.1, 0.15) is 0 Å². The van der Waals surface area contributed by atoms with E-state index in [9.17, 15) is 9.59 Å². The molecule has 25 heavy (non-hydrogen) atoms. The molecule has 2 aromatic rings. The summed E-state index contributed by atoms with van der Waals surface area (Å²) in [6.07, 6.45) is 0. The molecular weight excluding hydrogens is 322 g/mol. The number of aromatic carboxylic acids is 1. The monoisotopic (exact) mass is 343 g/mol. The lowest BCUT2D eigenvalue weighted by molar-refractivity contribution is 0.0696. The van der Waals surface area contributed by atoms with Gasteiger partial charge < -0.3 is 19.9 Å². The maximum absolute atomic E-state index is 12.4. The minimum atomic E-state index is -1.05. The van der Waals surface area contributed by atoms with E-state index < -0.39 is 5.97 Å². The molecule has 0 aromatic heterocycles. The SMILES string of the molecule is COc1cc(C(=O)Nc2cccc(C(=O)O)c2)ccc1OCC(C)C. The zero-order chi connectivity index (χ0) is 18.4. The molecule has 0 atom stereocenters. The first-order valence-electron chi connectivity index (χ1n) is 7.86. The van der Waals surface area contributed by atoms with Gasteiger partial charge in [-0.1, -0.05) is 19.9 Å². The molecule has 0 fully saturated rings. The molecule has 0 saturated heterocycles. The summed E-state index contributed by atoms with van der Waals surface area (Å²) in [4.78, 5) is 23.4. The maximum Gasteiger partial charge on any atom is 0.335 e. The molecule has 0 saturated carbocycles. The molecule has 2 aromatic carbocycles. The van der Waals surface area contributed by atoms with Crippen molar-refractivity contribution in [2.45, 2.75) is 13.8 Å². The Morgan fingerprint density at radius 2 is 1.84 bits per heavy atom. The van der Waals surface area contributed by atoms with Crippen molar-refractivity contribution in [3.63, 3.8) is 0 Å². The van der Waals surface area contributed by atoms with Crippen LogP contribution in [0.4, 0.5) is 5.69 Å². The molecule has 2 N–H and O–H groups in total. The van der Waals surface area contributed by atoms with Gasteiger partial charge in [0.25, 0.3) is 5.91 Å². The van der Waals surface area contributed by atoms with Crippen LogP contribution in [0.25, 0.3) is 0 Å². The number of hydrogen-bond donors (Lipinski definition) is 2. The van der Waals surface area contributed by atoms with Gasteiger partial charge in [-0.2, -0.15) is 0 Å². The Kier molecular flexibility index (Phi) is 6.00. The van der Waals surface area contributed by atoms with Gasteiger partial charge in [0.2, 0.25) is 0 Å². The van der Waals surface area contributed by atoms with Crippen LogP contribution < -0.4 is 14.8 Å². The number of anilines is 1. The van der Waals surface area contributed by atoms with Gasteiger partial charge in [0.05, 0.1) is 19.3 Å². The molecule has 0 bridgehead atoms. The Morgan fingerprint density at radius 1 is 1.08 bits per heavy atom. The Balaban J connectivity index is 2.16. The van der Waals surface area contributed by atoms with E-state index >= 15 is 0 Å². The van der Waals surface area contributed by atoms with Crippen LogP contribution in [-0.2, 0) is 0 Å². The number of benzene rings is 2. The molecule has 0 heterocycles. The lowest BCUT2D eigenvalue weighted by atomic mass is 10.1. The normalized spacial score (nSPS) is 10.4. The van der Waals surface area contributed by atoms with Gasteiger partial charge in [-0.3, -0.25) is 4.79 Å². The predicted octanol–water partition coefficient (Wildman–Crippen LogP) is 3.68. The smallest absolute Gasteiger partial charge is 0.335 e. The maximum atomic E-state index is 12.4.